The van der Waals surface area contributed by atoms with Gasteiger partial charge in [0, 0.05) is 22.5 Å². The number of alkyl halides is 2. The Morgan fingerprint density at radius 1 is 1.25 bits per heavy atom. The van der Waals surface area contributed by atoms with Gasteiger partial charge in [-0.1, -0.05) is 11.6 Å². The minimum absolute atomic E-state index is 0.111. The van der Waals surface area contributed by atoms with Crippen molar-refractivity contribution in [3.05, 3.63) is 57.0 Å². The largest absolute Gasteiger partial charge is 0.377 e. The minimum atomic E-state index is -2.78. The van der Waals surface area contributed by atoms with Crippen molar-refractivity contribution >= 4 is 23.0 Å². The van der Waals surface area contributed by atoms with Crippen LogP contribution in [0.2, 0.25) is 5.02 Å². The number of aromatic nitrogens is 1. The molecule has 2 aromatic rings. The Labute approximate surface area is 142 Å². The van der Waals surface area contributed by atoms with Gasteiger partial charge >= 0.3 is 0 Å². The lowest BCUT2D eigenvalue weighted by atomic mass is 9.72. The first-order chi connectivity index (χ1) is 11.4. The zero-order valence-electron chi connectivity index (χ0n) is 13.2. The van der Waals surface area contributed by atoms with Gasteiger partial charge in [-0.2, -0.15) is 0 Å². The highest BCUT2D eigenvalue weighted by molar-refractivity contribution is 6.30. The summed E-state index contributed by atoms with van der Waals surface area (Å²) < 4.78 is 34.3. The molecule has 2 heterocycles. The molecule has 0 amide bonds. The van der Waals surface area contributed by atoms with Gasteiger partial charge in [-0.3, -0.25) is 4.79 Å². The number of halogens is 3. The van der Waals surface area contributed by atoms with E-state index in [-0.39, 0.29) is 24.0 Å². The second-order valence-electron chi connectivity index (χ2n) is 6.04. The molecule has 0 saturated heterocycles. The van der Waals surface area contributed by atoms with Crippen LogP contribution in [0.1, 0.15) is 25.0 Å². The first-order valence-electron chi connectivity index (χ1n) is 7.55. The molecule has 1 aliphatic rings. The van der Waals surface area contributed by atoms with Gasteiger partial charge in [0.15, 0.2) is 0 Å². The molecule has 2 N–H and O–H groups in total. The van der Waals surface area contributed by atoms with E-state index in [2.05, 4.69) is 10.3 Å². The van der Waals surface area contributed by atoms with E-state index in [9.17, 15) is 13.6 Å². The number of benzene rings is 1. The monoisotopic (exact) mass is 354 g/mol. The fourth-order valence-corrected chi connectivity index (χ4v) is 3.17. The molecule has 0 spiro atoms. The van der Waals surface area contributed by atoms with Crippen LogP contribution in [0, 0.1) is 0 Å². The van der Waals surface area contributed by atoms with Crippen LogP contribution in [0.3, 0.4) is 0 Å². The Kier molecular flexibility index (Phi) is 4.36. The summed E-state index contributed by atoms with van der Waals surface area (Å²) in [5.41, 5.74) is -1.15. The summed E-state index contributed by atoms with van der Waals surface area (Å²) in [7, 11) is 0. The molecule has 3 rings (SSSR count). The lowest BCUT2D eigenvalue weighted by Gasteiger charge is -2.40. The number of nitrogens with one attached hydrogen (secondary N) is 2. The fourth-order valence-electron chi connectivity index (χ4n) is 3.00. The van der Waals surface area contributed by atoms with Crippen LogP contribution >= 0.6 is 11.6 Å². The van der Waals surface area contributed by atoms with Gasteiger partial charge in [0.05, 0.1) is 12.7 Å². The quantitative estimate of drug-likeness (QED) is 0.870. The maximum absolute atomic E-state index is 14.4. The van der Waals surface area contributed by atoms with Gasteiger partial charge in [-0.25, -0.2) is 8.78 Å². The third kappa shape index (κ3) is 2.59. The van der Waals surface area contributed by atoms with Gasteiger partial charge in [-0.05, 0) is 43.7 Å². The average Bonchev–Trinajstić information content (AvgIpc) is 2.52. The van der Waals surface area contributed by atoms with E-state index in [1.54, 1.807) is 26.0 Å². The number of rotatable bonds is 4. The van der Waals surface area contributed by atoms with Crippen molar-refractivity contribution in [1.29, 1.82) is 0 Å². The van der Waals surface area contributed by atoms with E-state index in [4.69, 9.17) is 16.3 Å². The smallest absolute Gasteiger partial charge is 0.271 e. The van der Waals surface area contributed by atoms with Gasteiger partial charge in [0.2, 0.25) is 0 Å². The van der Waals surface area contributed by atoms with Crippen LogP contribution in [-0.4, -0.2) is 24.1 Å². The van der Waals surface area contributed by atoms with Crippen molar-refractivity contribution in [3.63, 3.8) is 0 Å². The van der Waals surface area contributed by atoms with Crippen LogP contribution in [0.15, 0.2) is 35.3 Å². The molecule has 1 aromatic carbocycles. The van der Waals surface area contributed by atoms with Crippen LogP contribution in [-0.2, 0) is 10.2 Å². The topological polar surface area (TPSA) is 54.1 Å². The number of hydrogen-bond donors (Lipinski definition) is 2. The summed E-state index contributed by atoms with van der Waals surface area (Å²) in [5.74, 6) is 0. The van der Waals surface area contributed by atoms with E-state index in [1.807, 2.05) is 0 Å². The average molecular weight is 355 g/mol. The van der Waals surface area contributed by atoms with Crippen LogP contribution < -0.4 is 10.9 Å². The van der Waals surface area contributed by atoms with Crippen LogP contribution in [0.5, 0.6) is 0 Å². The predicted molar refractivity (Wildman–Crippen MR) is 89.7 cm³/mol. The summed E-state index contributed by atoms with van der Waals surface area (Å²) in [6.45, 7) is 3.30. The Balaban J connectivity index is 2.31. The first kappa shape index (κ1) is 16.9. The van der Waals surface area contributed by atoms with E-state index in [1.165, 1.54) is 18.3 Å². The number of fused-ring (bicyclic) bond motifs is 2. The SMILES string of the molecule is CC(C)OCC1(C(F)F)c2cc(Cl)ccc2Nc2c1cc[nH]c2=O. The van der Waals surface area contributed by atoms with Crippen molar-refractivity contribution in [1.82, 2.24) is 4.98 Å². The van der Waals surface area contributed by atoms with Crippen LogP contribution in [0.4, 0.5) is 20.2 Å². The predicted octanol–water partition coefficient (Wildman–Crippen LogP) is 4.06. The van der Waals surface area contributed by atoms with Crippen molar-refractivity contribution in [2.45, 2.75) is 31.8 Å². The number of aromatic amines is 1. The number of anilines is 2. The Hall–Kier alpha value is -1.92. The molecule has 0 bridgehead atoms. The molecule has 0 radical (unpaired) electrons. The van der Waals surface area contributed by atoms with Gasteiger partial charge in [0.1, 0.15) is 11.1 Å². The molecule has 0 saturated carbocycles. The minimum Gasteiger partial charge on any atom is -0.377 e. The molecule has 7 heteroatoms. The maximum Gasteiger partial charge on any atom is 0.271 e. The highest BCUT2D eigenvalue weighted by Gasteiger charge is 2.49. The second-order valence-corrected chi connectivity index (χ2v) is 6.48. The summed E-state index contributed by atoms with van der Waals surface area (Å²) in [6.07, 6.45) is -1.65. The molecule has 1 atom stereocenters. The third-order valence-electron chi connectivity index (χ3n) is 4.18. The number of hydrogen-bond acceptors (Lipinski definition) is 3. The normalized spacial score (nSPS) is 19.1. The van der Waals surface area contributed by atoms with Gasteiger partial charge in [-0.15, -0.1) is 0 Å². The summed E-state index contributed by atoms with van der Waals surface area (Å²) in [4.78, 5) is 14.7. The molecule has 4 nitrogen and oxygen atoms in total. The molecule has 128 valence electrons. The van der Waals surface area contributed by atoms with E-state index >= 15 is 0 Å². The van der Waals surface area contributed by atoms with Gasteiger partial charge in [0.25, 0.3) is 12.0 Å². The first-order valence-corrected chi connectivity index (χ1v) is 7.93. The molecule has 1 unspecified atom stereocenters. The molecule has 0 fully saturated rings. The fraction of sp³-hybridized carbons (Fsp3) is 0.353. The van der Waals surface area contributed by atoms with Crippen molar-refractivity contribution in [2.75, 3.05) is 11.9 Å². The number of H-pyrrole nitrogens is 1. The molecule has 1 aromatic heterocycles. The maximum atomic E-state index is 14.4. The molecule has 1 aliphatic heterocycles. The molecular formula is C17H17ClF2N2O2. The molecule has 24 heavy (non-hydrogen) atoms. The Morgan fingerprint density at radius 3 is 2.67 bits per heavy atom. The summed E-state index contributed by atoms with van der Waals surface area (Å²) in [5, 5.41) is 3.29. The second kappa shape index (κ2) is 6.18. The highest BCUT2D eigenvalue weighted by atomic mass is 35.5. The highest BCUT2D eigenvalue weighted by Crippen LogP contribution is 2.48. The number of pyridine rings is 1. The third-order valence-corrected chi connectivity index (χ3v) is 4.42. The van der Waals surface area contributed by atoms with Gasteiger partial charge < -0.3 is 15.0 Å². The van der Waals surface area contributed by atoms with E-state index in [0.717, 1.165) is 0 Å². The molecular weight excluding hydrogens is 338 g/mol. The Bertz CT molecular complexity index is 822. The Morgan fingerprint density at radius 2 is 2.00 bits per heavy atom. The zero-order chi connectivity index (χ0) is 17.5. The van der Waals surface area contributed by atoms with E-state index < -0.39 is 17.4 Å². The summed E-state index contributed by atoms with van der Waals surface area (Å²) >= 11 is 6.05. The zero-order valence-corrected chi connectivity index (χ0v) is 14.0. The van der Waals surface area contributed by atoms with Crippen molar-refractivity contribution in [2.24, 2.45) is 0 Å². The number of ether oxygens (including phenoxy) is 1. The molecule has 0 aliphatic carbocycles. The van der Waals surface area contributed by atoms with Crippen LogP contribution in [0.25, 0.3) is 0 Å². The van der Waals surface area contributed by atoms with Crippen molar-refractivity contribution in [3.8, 4) is 0 Å². The summed E-state index contributed by atoms with van der Waals surface area (Å²) in [6, 6.07) is 6.18. The lowest BCUT2D eigenvalue weighted by molar-refractivity contribution is -0.0171. The lowest BCUT2D eigenvalue weighted by Crippen LogP contribution is -2.45. The van der Waals surface area contributed by atoms with E-state index in [0.29, 0.717) is 16.3 Å². The van der Waals surface area contributed by atoms with Crippen molar-refractivity contribution < 1.29 is 13.5 Å². The standard InChI is InChI=1S/C17H17ClF2N2O2/c1-9(2)24-8-17(16(19)20)11-5-6-21-15(23)14(11)22-13-4-3-10(18)7-12(13)17/h3-7,9,16,22H,8H2,1-2H3,(H,21,23).